The molecule has 4 N–H and O–H groups in total. The number of nitrogen functional groups attached to an aromatic ring is 1. The van der Waals surface area contributed by atoms with Crippen LogP contribution >= 0.6 is 0 Å². The van der Waals surface area contributed by atoms with Gasteiger partial charge in [0.05, 0.1) is 24.5 Å². The highest BCUT2D eigenvalue weighted by Gasteiger charge is 2.08. The topological polar surface area (TPSA) is 71.2 Å². The van der Waals surface area contributed by atoms with Crippen LogP contribution in [0.3, 0.4) is 0 Å². The fourth-order valence-electron chi connectivity index (χ4n) is 1.76. The summed E-state index contributed by atoms with van der Waals surface area (Å²) < 4.78 is 0. The van der Waals surface area contributed by atoms with E-state index >= 15 is 0 Å². The number of aromatic nitrogens is 1. The second-order valence-electron chi connectivity index (χ2n) is 4.19. The Morgan fingerprint density at radius 1 is 1.17 bits per heavy atom. The van der Waals surface area contributed by atoms with Crippen LogP contribution in [0.5, 0.6) is 0 Å². The molecule has 0 saturated carbocycles. The zero-order valence-corrected chi connectivity index (χ0v) is 10.1. The smallest absolute Gasteiger partial charge is 0.126 e. The fraction of sp³-hybridized carbons (Fsp3) is 0.214. The maximum atomic E-state index is 9.39. The average molecular weight is 243 g/mol. The third-order valence-electron chi connectivity index (χ3n) is 2.68. The molecule has 1 atom stereocenters. The number of aliphatic hydroxyl groups is 1. The van der Waals surface area contributed by atoms with E-state index in [1.54, 1.807) is 12.3 Å². The first-order valence-corrected chi connectivity index (χ1v) is 5.91. The summed E-state index contributed by atoms with van der Waals surface area (Å²) in [6.45, 7) is 0.0565. The van der Waals surface area contributed by atoms with Crippen LogP contribution in [0, 0.1) is 0 Å². The average Bonchev–Trinajstić information content (AvgIpc) is 2.41. The normalized spacial score (nSPS) is 12.1. The minimum absolute atomic E-state index is 0.0523. The van der Waals surface area contributed by atoms with Gasteiger partial charge in [0, 0.05) is 0 Å². The van der Waals surface area contributed by atoms with Gasteiger partial charge in [-0.25, -0.2) is 4.98 Å². The molecule has 0 spiro atoms. The molecule has 1 heterocycles. The molecule has 0 bridgehead atoms. The van der Waals surface area contributed by atoms with Gasteiger partial charge in [-0.05, 0) is 24.1 Å². The zero-order valence-electron chi connectivity index (χ0n) is 10.1. The molecule has 0 aliphatic rings. The number of hydrogen-bond acceptors (Lipinski definition) is 4. The van der Waals surface area contributed by atoms with Crippen LogP contribution in [0.25, 0.3) is 0 Å². The van der Waals surface area contributed by atoms with Gasteiger partial charge in [-0.1, -0.05) is 30.3 Å². The summed E-state index contributed by atoms with van der Waals surface area (Å²) in [7, 11) is 0. The Labute approximate surface area is 106 Å². The number of pyridine rings is 1. The van der Waals surface area contributed by atoms with E-state index in [-0.39, 0.29) is 12.6 Å². The molecule has 4 nitrogen and oxygen atoms in total. The number of nitrogens with two attached hydrogens (primary N) is 1. The van der Waals surface area contributed by atoms with Crippen molar-refractivity contribution in [1.82, 2.24) is 4.98 Å². The van der Waals surface area contributed by atoms with Crippen LogP contribution < -0.4 is 11.1 Å². The van der Waals surface area contributed by atoms with E-state index in [2.05, 4.69) is 10.3 Å². The first kappa shape index (κ1) is 12.4. The lowest BCUT2D eigenvalue weighted by atomic mass is 10.1. The first-order valence-electron chi connectivity index (χ1n) is 5.91. The molecule has 0 fully saturated rings. The van der Waals surface area contributed by atoms with Gasteiger partial charge < -0.3 is 16.2 Å². The summed E-state index contributed by atoms with van der Waals surface area (Å²) in [5, 5.41) is 12.6. The van der Waals surface area contributed by atoms with Gasteiger partial charge in [0.1, 0.15) is 5.82 Å². The van der Waals surface area contributed by atoms with Crippen LogP contribution in [0.15, 0.2) is 48.7 Å². The van der Waals surface area contributed by atoms with E-state index in [4.69, 9.17) is 5.73 Å². The number of hydrogen-bond donors (Lipinski definition) is 3. The minimum atomic E-state index is -0.0523. The van der Waals surface area contributed by atoms with Crippen molar-refractivity contribution >= 4 is 11.5 Å². The van der Waals surface area contributed by atoms with Gasteiger partial charge in [-0.15, -0.1) is 0 Å². The maximum absolute atomic E-state index is 9.39. The zero-order chi connectivity index (χ0) is 12.8. The summed E-state index contributed by atoms with van der Waals surface area (Å²) in [6.07, 6.45) is 2.35. The largest absolute Gasteiger partial charge is 0.397 e. The molecule has 94 valence electrons. The van der Waals surface area contributed by atoms with Crippen molar-refractivity contribution in [2.75, 3.05) is 17.7 Å². The molecule has 1 aromatic carbocycles. The van der Waals surface area contributed by atoms with Crippen molar-refractivity contribution in [3.63, 3.8) is 0 Å². The third-order valence-corrected chi connectivity index (χ3v) is 2.68. The molecule has 0 aliphatic carbocycles. The van der Waals surface area contributed by atoms with E-state index in [0.29, 0.717) is 5.69 Å². The van der Waals surface area contributed by atoms with Gasteiger partial charge in [0.15, 0.2) is 0 Å². The van der Waals surface area contributed by atoms with E-state index < -0.39 is 0 Å². The number of aliphatic hydroxyl groups excluding tert-OH is 1. The fourth-order valence-corrected chi connectivity index (χ4v) is 1.76. The summed E-state index contributed by atoms with van der Waals surface area (Å²) in [5.41, 5.74) is 7.38. The van der Waals surface area contributed by atoms with Crippen LogP contribution in [0.2, 0.25) is 0 Å². The Balaban J connectivity index is 1.99. The standard InChI is InChI=1S/C14H17N3O/c15-12-6-7-14(16-9-12)17-13(10-18)8-11-4-2-1-3-5-11/h1-7,9,13,18H,8,10,15H2,(H,16,17). The Morgan fingerprint density at radius 3 is 2.56 bits per heavy atom. The molecular formula is C14H17N3O. The van der Waals surface area contributed by atoms with Gasteiger partial charge in [0.25, 0.3) is 0 Å². The number of nitrogens with one attached hydrogen (secondary N) is 1. The molecule has 1 unspecified atom stereocenters. The van der Waals surface area contributed by atoms with Gasteiger partial charge in [0.2, 0.25) is 0 Å². The highest BCUT2D eigenvalue weighted by atomic mass is 16.3. The van der Waals surface area contributed by atoms with E-state index in [0.717, 1.165) is 12.2 Å². The van der Waals surface area contributed by atoms with Crippen molar-refractivity contribution < 1.29 is 5.11 Å². The maximum Gasteiger partial charge on any atom is 0.126 e. The van der Waals surface area contributed by atoms with Crippen LogP contribution in [0.1, 0.15) is 5.56 Å². The molecule has 2 aromatic rings. The Kier molecular flexibility index (Phi) is 4.15. The Morgan fingerprint density at radius 2 is 1.94 bits per heavy atom. The van der Waals surface area contributed by atoms with E-state index in [1.165, 1.54) is 5.56 Å². The molecule has 0 radical (unpaired) electrons. The number of benzene rings is 1. The predicted molar refractivity (Wildman–Crippen MR) is 73.3 cm³/mol. The lowest BCUT2D eigenvalue weighted by molar-refractivity contribution is 0.273. The summed E-state index contributed by atoms with van der Waals surface area (Å²) in [4.78, 5) is 4.16. The van der Waals surface area contributed by atoms with Gasteiger partial charge in [-0.3, -0.25) is 0 Å². The second-order valence-corrected chi connectivity index (χ2v) is 4.19. The van der Waals surface area contributed by atoms with Crippen molar-refractivity contribution in [3.05, 3.63) is 54.2 Å². The van der Waals surface area contributed by atoms with E-state index in [9.17, 15) is 5.11 Å². The van der Waals surface area contributed by atoms with Crippen molar-refractivity contribution in [2.24, 2.45) is 0 Å². The molecule has 18 heavy (non-hydrogen) atoms. The Hall–Kier alpha value is -2.07. The lowest BCUT2D eigenvalue weighted by Gasteiger charge is -2.17. The molecule has 0 saturated heterocycles. The van der Waals surface area contributed by atoms with E-state index in [1.807, 2.05) is 36.4 Å². The highest BCUT2D eigenvalue weighted by molar-refractivity contribution is 5.44. The molecule has 2 rings (SSSR count). The first-order chi connectivity index (χ1) is 8.78. The molecule has 1 aromatic heterocycles. The molecule has 0 amide bonds. The van der Waals surface area contributed by atoms with Crippen molar-refractivity contribution in [1.29, 1.82) is 0 Å². The monoisotopic (exact) mass is 243 g/mol. The lowest BCUT2D eigenvalue weighted by Crippen LogP contribution is -2.26. The quantitative estimate of drug-likeness (QED) is 0.747. The van der Waals surface area contributed by atoms with Gasteiger partial charge in [-0.2, -0.15) is 0 Å². The SMILES string of the molecule is Nc1ccc(NC(CO)Cc2ccccc2)nc1. The summed E-state index contributed by atoms with van der Waals surface area (Å²) >= 11 is 0. The minimum Gasteiger partial charge on any atom is -0.397 e. The predicted octanol–water partition coefficient (Wildman–Crippen LogP) is 1.68. The number of rotatable bonds is 5. The number of nitrogens with zero attached hydrogens (tertiary/aromatic N) is 1. The molecular weight excluding hydrogens is 226 g/mol. The third kappa shape index (κ3) is 3.46. The summed E-state index contributed by atoms with van der Waals surface area (Å²) in [6, 6.07) is 13.6. The van der Waals surface area contributed by atoms with Crippen LogP contribution in [-0.4, -0.2) is 22.7 Å². The van der Waals surface area contributed by atoms with Crippen LogP contribution in [0.4, 0.5) is 11.5 Å². The molecule has 0 aliphatic heterocycles. The second kappa shape index (κ2) is 6.02. The summed E-state index contributed by atoms with van der Waals surface area (Å²) in [5.74, 6) is 0.721. The van der Waals surface area contributed by atoms with Crippen LogP contribution in [-0.2, 0) is 6.42 Å². The van der Waals surface area contributed by atoms with Crippen molar-refractivity contribution in [2.45, 2.75) is 12.5 Å². The Bertz CT molecular complexity index is 470. The highest BCUT2D eigenvalue weighted by Crippen LogP contribution is 2.10. The van der Waals surface area contributed by atoms with Gasteiger partial charge >= 0.3 is 0 Å². The number of anilines is 2. The molecule has 4 heteroatoms. The van der Waals surface area contributed by atoms with Crippen molar-refractivity contribution in [3.8, 4) is 0 Å².